The van der Waals surface area contributed by atoms with Crippen molar-refractivity contribution in [1.82, 2.24) is 0 Å². The molecule has 6 nitrogen and oxygen atoms in total. The molecule has 0 aromatic heterocycles. The number of amides is 2. The Labute approximate surface area is 127 Å². The summed E-state index contributed by atoms with van der Waals surface area (Å²) < 4.78 is 10.3. The molecule has 0 bridgehead atoms. The monoisotopic (exact) mass is 300 g/mol. The molecule has 114 valence electrons. The van der Waals surface area contributed by atoms with E-state index in [1.807, 2.05) is 0 Å². The third-order valence-electron chi connectivity index (χ3n) is 3.04. The van der Waals surface area contributed by atoms with Gasteiger partial charge >= 0.3 is 0 Å². The quantitative estimate of drug-likeness (QED) is 0.884. The average molecular weight is 300 g/mol. The summed E-state index contributed by atoms with van der Waals surface area (Å²) in [6.07, 6.45) is 0. The molecule has 2 rings (SSSR count). The summed E-state index contributed by atoms with van der Waals surface area (Å²) in [6, 6.07) is 11.1. The smallest absolute Gasteiger partial charge is 0.255 e. The fraction of sp³-hybridized carbons (Fsp3) is 0.125. The lowest BCUT2D eigenvalue weighted by Crippen LogP contribution is -2.14. The van der Waals surface area contributed by atoms with Crippen LogP contribution in [0.25, 0.3) is 0 Å². The molecule has 2 amide bonds. The van der Waals surface area contributed by atoms with E-state index in [2.05, 4.69) is 5.32 Å². The molecule has 2 aromatic rings. The Morgan fingerprint density at radius 1 is 0.909 bits per heavy atom. The minimum absolute atomic E-state index is 0.314. The Morgan fingerprint density at radius 2 is 1.41 bits per heavy atom. The number of primary amides is 1. The van der Waals surface area contributed by atoms with Gasteiger partial charge in [0.2, 0.25) is 5.91 Å². The van der Waals surface area contributed by atoms with Gasteiger partial charge in [-0.25, -0.2) is 0 Å². The highest BCUT2D eigenvalue weighted by Gasteiger charge is 2.09. The zero-order chi connectivity index (χ0) is 16.1. The number of carbonyl (C=O) groups excluding carboxylic acids is 2. The van der Waals surface area contributed by atoms with E-state index in [9.17, 15) is 9.59 Å². The van der Waals surface area contributed by atoms with Gasteiger partial charge in [0.05, 0.1) is 14.2 Å². The maximum absolute atomic E-state index is 12.2. The third-order valence-corrected chi connectivity index (χ3v) is 3.04. The van der Waals surface area contributed by atoms with Crippen molar-refractivity contribution in [3.05, 3.63) is 53.6 Å². The fourth-order valence-corrected chi connectivity index (χ4v) is 1.87. The van der Waals surface area contributed by atoms with Crippen molar-refractivity contribution in [2.24, 2.45) is 5.73 Å². The van der Waals surface area contributed by atoms with Crippen LogP contribution >= 0.6 is 0 Å². The van der Waals surface area contributed by atoms with Gasteiger partial charge in [0, 0.05) is 35.0 Å². The lowest BCUT2D eigenvalue weighted by Gasteiger charge is -2.10. The van der Waals surface area contributed by atoms with E-state index in [1.54, 1.807) is 18.2 Å². The zero-order valence-electron chi connectivity index (χ0n) is 12.3. The molecule has 3 N–H and O–H groups in total. The van der Waals surface area contributed by atoms with Crippen molar-refractivity contribution >= 4 is 17.5 Å². The van der Waals surface area contributed by atoms with Crippen LogP contribution in [0.3, 0.4) is 0 Å². The van der Waals surface area contributed by atoms with Gasteiger partial charge in [-0.3, -0.25) is 9.59 Å². The van der Waals surface area contributed by atoms with E-state index in [1.165, 1.54) is 38.5 Å². The highest BCUT2D eigenvalue weighted by atomic mass is 16.5. The second-order valence-corrected chi connectivity index (χ2v) is 4.50. The first kappa shape index (κ1) is 15.4. The highest BCUT2D eigenvalue weighted by molar-refractivity contribution is 6.05. The van der Waals surface area contributed by atoms with E-state index in [0.717, 1.165) is 0 Å². The maximum atomic E-state index is 12.2. The Bertz CT molecular complexity index is 674. The normalized spacial score (nSPS) is 9.91. The molecule has 0 spiro atoms. The first-order valence-corrected chi connectivity index (χ1v) is 6.48. The van der Waals surface area contributed by atoms with Crippen molar-refractivity contribution in [2.45, 2.75) is 0 Å². The molecule has 0 atom stereocenters. The molecule has 0 aliphatic heterocycles. The van der Waals surface area contributed by atoms with Crippen LogP contribution < -0.4 is 20.5 Å². The van der Waals surface area contributed by atoms with Gasteiger partial charge in [0.1, 0.15) is 11.5 Å². The molecule has 2 aromatic carbocycles. The summed E-state index contributed by atoms with van der Waals surface area (Å²) in [5, 5.41) is 2.74. The fourth-order valence-electron chi connectivity index (χ4n) is 1.87. The van der Waals surface area contributed by atoms with Gasteiger partial charge in [-0.2, -0.15) is 0 Å². The molecule has 6 heteroatoms. The molecular weight excluding hydrogens is 284 g/mol. The molecule has 0 unspecified atom stereocenters. The van der Waals surface area contributed by atoms with Crippen LogP contribution in [-0.4, -0.2) is 26.0 Å². The van der Waals surface area contributed by atoms with Crippen LogP contribution in [0.5, 0.6) is 11.5 Å². The standard InChI is InChI=1S/C16H16N2O4/c1-21-13-7-12(8-14(9-13)22-2)18-16(20)11-5-3-10(4-6-11)15(17)19/h3-9H,1-2H3,(H2,17,19)(H,18,20). The Hall–Kier alpha value is -3.02. The van der Waals surface area contributed by atoms with Crippen molar-refractivity contribution < 1.29 is 19.1 Å². The molecule has 22 heavy (non-hydrogen) atoms. The number of hydrogen-bond donors (Lipinski definition) is 2. The third kappa shape index (κ3) is 3.54. The molecule has 0 aliphatic rings. The largest absolute Gasteiger partial charge is 0.497 e. The number of nitrogens with two attached hydrogens (primary N) is 1. The highest BCUT2D eigenvalue weighted by Crippen LogP contribution is 2.26. The van der Waals surface area contributed by atoms with E-state index < -0.39 is 5.91 Å². The Morgan fingerprint density at radius 3 is 1.86 bits per heavy atom. The molecule has 0 radical (unpaired) electrons. The van der Waals surface area contributed by atoms with Gasteiger partial charge in [0.15, 0.2) is 0 Å². The number of benzene rings is 2. The minimum atomic E-state index is -0.538. The predicted octanol–water partition coefficient (Wildman–Crippen LogP) is 2.05. The molecule has 0 saturated carbocycles. The second kappa shape index (κ2) is 6.62. The maximum Gasteiger partial charge on any atom is 0.255 e. The Balaban J connectivity index is 2.19. The van der Waals surface area contributed by atoms with Gasteiger partial charge in [0.25, 0.3) is 5.91 Å². The minimum Gasteiger partial charge on any atom is -0.497 e. The van der Waals surface area contributed by atoms with Crippen LogP contribution in [0.15, 0.2) is 42.5 Å². The van der Waals surface area contributed by atoms with Gasteiger partial charge in [-0.05, 0) is 24.3 Å². The van der Waals surface area contributed by atoms with Crippen LogP contribution in [0.1, 0.15) is 20.7 Å². The summed E-state index contributed by atoms with van der Waals surface area (Å²) in [5.74, 6) is 0.285. The first-order chi connectivity index (χ1) is 10.5. The van der Waals surface area contributed by atoms with Crippen molar-refractivity contribution in [3.63, 3.8) is 0 Å². The summed E-state index contributed by atoms with van der Waals surface area (Å²) in [6.45, 7) is 0. The van der Waals surface area contributed by atoms with Gasteiger partial charge < -0.3 is 20.5 Å². The average Bonchev–Trinajstić information content (AvgIpc) is 2.54. The van der Waals surface area contributed by atoms with Crippen molar-refractivity contribution in [2.75, 3.05) is 19.5 Å². The van der Waals surface area contributed by atoms with Crippen LogP contribution in [-0.2, 0) is 0 Å². The number of methoxy groups -OCH3 is 2. The molecule has 0 heterocycles. The number of carbonyl (C=O) groups is 2. The summed E-state index contributed by atoms with van der Waals surface area (Å²) in [7, 11) is 3.06. The number of anilines is 1. The van der Waals surface area contributed by atoms with Crippen LogP contribution in [0, 0.1) is 0 Å². The summed E-state index contributed by atoms with van der Waals surface area (Å²) in [5.41, 5.74) is 6.46. The lowest BCUT2D eigenvalue weighted by atomic mass is 10.1. The number of rotatable bonds is 5. The Kier molecular flexibility index (Phi) is 4.63. The molecule has 0 saturated heterocycles. The summed E-state index contributed by atoms with van der Waals surface area (Å²) in [4.78, 5) is 23.2. The van der Waals surface area contributed by atoms with E-state index in [0.29, 0.717) is 28.3 Å². The SMILES string of the molecule is COc1cc(NC(=O)c2ccc(C(N)=O)cc2)cc(OC)c1. The molecular formula is C16H16N2O4. The topological polar surface area (TPSA) is 90.6 Å². The van der Waals surface area contributed by atoms with Crippen LogP contribution in [0.4, 0.5) is 5.69 Å². The lowest BCUT2D eigenvalue weighted by molar-refractivity contribution is 0.0995. The van der Waals surface area contributed by atoms with Crippen LogP contribution in [0.2, 0.25) is 0 Å². The van der Waals surface area contributed by atoms with Gasteiger partial charge in [-0.15, -0.1) is 0 Å². The zero-order valence-corrected chi connectivity index (χ0v) is 12.3. The first-order valence-electron chi connectivity index (χ1n) is 6.48. The number of hydrogen-bond acceptors (Lipinski definition) is 4. The second-order valence-electron chi connectivity index (χ2n) is 4.50. The summed E-state index contributed by atoms with van der Waals surface area (Å²) >= 11 is 0. The van der Waals surface area contributed by atoms with E-state index >= 15 is 0 Å². The molecule has 0 fully saturated rings. The van der Waals surface area contributed by atoms with E-state index in [4.69, 9.17) is 15.2 Å². The number of nitrogens with one attached hydrogen (secondary N) is 1. The molecule has 0 aliphatic carbocycles. The van der Waals surface area contributed by atoms with Crippen molar-refractivity contribution in [3.8, 4) is 11.5 Å². The predicted molar refractivity (Wildman–Crippen MR) is 82.5 cm³/mol. The van der Waals surface area contributed by atoms with E-state index in [-0.39, 0.29) is 5.91 Å². The number of ether oxygens (including phenoxy) is 2. The van der Waals surface area contributed by atoms with Gasteiger partial charge in [-0.1, -0.05) is 0 Å². The van der Waals surface area contributed by atoms with Crippen molar-refractivity contribution in [1.29, 1.82) is 0 Å².